The fourth-order valence-corrected chi connectivity index (χ4v) is 2.13. The minimum Gasteiger partial charge on any atom is -0.374 e. The summed E-state index contributed by atoms with van der Waals surface area (Å²) >= 11 is 5.88. The van der Waals surface area contributed by atoms with E-state index in [2.05, 4.69) is 20.0 Å². The summed E-state index contributed by atoms with van der Waals surface area (Å²) in [7, 11) is 0. The first-order valence-electron chi connectivity index (χ1n) is 5.79. The van der Waals surface area contributed by atoms with Gasteiger partial charge in [-0.3, -0.25) is 0 Å². The Labute approximate surface area is 115 Å². The Morgan fingerprint density at radius 3 is 3.16 bits per heavy atom. The lowest BCUT2D eigenvalue weighted by atomic mass is 10.2. The van der Waals surface area contributed by atoms with Crippen LogP contribution in [0.1, 0.15) is 6.92 Å². The second-order valence-corrected chi connectivity index (χ2v) is 4.66. The van der Waals surface area contributed by atoms with Crippen LogP contribution in [0.2, 0.25) is 5.15 Å². The van der Waals surface area contributed by atoms with Crippen molar-refractivity contribution in [2.75, 3.05) is 30.3 Å². The molecule has 0 radical (unpaired) electrons. The van der Waals surface area contributed by atoms with Crippen molar-refractivity contribution in [3.05, 3.63) is 21.7 Å². The van der Waals surface area contributed by atoms with Gasteiger partial charge in [0.1, 0.15) is 11.0 Å². The first-order valence-corrected chi connectivity index (χ1v) is 6.17. The van der Waals surface area contributed by atoms with Crippen molar-refractivity contribution in [2.24, 2.45) is 5.11 Å². The Hall–Kier alpha value is -1.76. The van der Waals surface area contributed by atoms with Gasteiger partial charge < -0.3 is 15.4 Å². The van der Waals surface area contributed by atoms with Crippen LogP contribution in [-0.2, 0) is 4.74 Å². The number of hydrogen-bond donors (Lipinski definition) is 1. The molecule has 19 heavy (non-hydrogen) atoms. The number of halogens is 1. The Morgan fingerprint density at radius 1 is 1.68 bits per heavy atom. The van der Waals surface area contributed by atoms with E-state index in [1.54, 1.807) is 6.07 Å². The van der Waals surface area contributed by atoms with E-state index < -0.39 is 0 Å². The minimum atomic E-state index is -0.165. The molecule has 2 N–H and O–H groups in total. The summed E-state index contributed by atoms with van der Waals surface area (Å²) in [6.45, 7) is 3.38. The molecule has 2 rings (SSSR count). The highest BCUT2D eigenvalue weighted by Gasteiger charge is 2.27. The maximum Gasteiger partial charge on any atom is 0.223 e. The van der Waals surface area contributed by atoms with E-state index in [9.17, 15) is 0 Å². The average molecular weight is 284 g/mol. The van der Waals surface area contributed by atoms with Gasteiger partial charge in [-0.1, -0.05) is 16.7 Å². The number of nitrogen functional groups attached to an aromatic ring is 1. The molecule has 8 nitrogen and oxygen atoms in total. The molecule has 2 atom stereocenters. The highest BCUT2D eigenvalue weighted by Crippen LogP contribution is 2.23. The third-order valence-corrected chi connectivity index (χ3v) is 3.04. The zero-order valence-corrected chi connectivity index (χ0v) is 11.2. The summed E-state index contributed by atoms with van der Waals surface area (Å²) in [6.07, 6.45) is -0.165. The number of ether oxygens (including phenoxy) is 1. The highest BCUT2D eigenvalue weighted by molar-refractivity contribution is 6.29. The van der Waals surface area contributed by atoms with Crippen LogP contribution in [0.3, 0.4) is 0 Å². The molecule has 1 aliphatic heterocycles. The maximum atomic E-state index is 8.34. The van der Waals surface area contributed by atoms with Crippen molar-refractivity contribution in [3.8, 4) is 0 Å². The molecule has 1 saturated heterocycles. The number of nitrogens with two attached hydrogens (primary N) is 1. The van der Waals surface area contributed by atoms with Gasteiger partial charge in [0, 0.05) is 17.5 Å². The summed E-state index contributed by atoms with van der Waals surface area (Å²) in [6, 6.07) is 1.79. The van der Waals surface area contributed by atoms with Crippen LogP contribution < -0.4 is 10.6 Å². The lowest BCUT2D eigenvalue weighted by Gasteiger charge is -2.38. The van der Waals surface area contributed by atoms with Gasteiger partial charge in [-0.05, 0) is 12.5 Å². The smallest absolute Gasteiger partial charge is 0.223 e. The van der Waals surface area contributed by atoms with Gasteiger partial charge in [-0.25, -0.2) is 4.98 Å². The second-order valence-electron chi connectivity index (χ2n) is 4.28. The predicted molar refractivity (Wildman–Crippen MR) is 72.0 cm³/mol. The van der Waals surface area contributed by atoms with Crippen molar-refractivity contribution < 1.29 is 4.74 Å². The van der Waals surface area contributed by atoms with Crippen LogP contribution in [0.25, 0.3) is 10.4 Å². The van der Waals surface area contributed by atoms with Crippen molar-refractivity contribution >= 4 is 23.4 Å². The topological polar surface area (TPSA) is 113 Å². The normalized spacial score (nSPS) is 22.9. The van der Waals surface area contributed by atoms with E-state index in [0.717, 1.165) is 0 Å². The van der Waals surface area contributed by atoms with Crippen molar-refractivity contribution in [3.63, 3.8) is 0 Å². The molecule has 0 spiro atoms. The number of rotatable bonds is 3. The van der Waals surface area contributed by atoms with Gasteiger partial charge >= 0.3 is 0 Å². The van der Waals surface area contributed by atoms with Gasteiger partial charge in [0.15, 0.2) is 0 Å². The van der Waals surface area contributed by atoms with Crippen LogP contribution in [0.4, 0.5) is 11.8 Å². The van der Waals surface area contributed by atoms with E-state index in [0.29, 0.717) is 24.1 Å². The van der Waals surface area contributed by atoms with E-state index >= 15 is 0 Å². The van der Waals surface area contributed by atoms with Crippen LogP contribution >= 0.6 is 11.6 Å². The van der Waals surface area contributed by atoms with E-state index in [1.807, 2.05) is 11.8 Å². The Balaban J connectivity index is 2.18. The van der Waals surface area contributed by atoms with E-state index in [1.165, 1.54) is 0 Å². The zero-order valence-electron chi connectivity index (χ0n) is 10.4. The fraction of sp³-hybridized carbons (Fsp3) is 0.600. The van der Waals surface area contributed by atoms with E-state index in [-0.39, 0.29) is 24.6 Å². The molecule has 102 valence electrons. The zero-order chi connectivity index (χ0) is 13.8. The molecule has 0 amide bonds. The molecule has 1 aromatic rings. The van der Waals surface area contributed by atoms with Crippen molar-refractivity contribution in [1.29, 1.82) is 0 Å². The number of azide groups is 1. The Kier molecular flexibility index (Phi) is 4.26. The third-order valence-electron chi connectivity index (χ3n) is 2.85. The maximum absolute atomic E-state index is 8.34. The molecule has 1 fully saturated rings. The van der Waals surface area contributed by atoms with Gasteiger partial charge in [0.05, 0.1) is 25.3 Å². The Bertz CT molecular complexity index is 484. The predicted octanol–water partition coefficient (Wildman–Crippen LogP) is 1.62. The molecule has 2 heterocycles. The first-order chi connectivity index (χ1) is 9.10. The summed E-state index contributed by atoms with van der Waals surface area (Å²) in [5.74, 6) is 0.784. The molecule has 0 saturated carbocycles. The van der Waals surface area contributed by atoms with E-state index in [4.69, 9.17) is 27.6 Å². The largest absolute Gasteiger partial charge is 0.374 e. The van der Waals surface area contributed by atoms with Crippen molar-refractivity contribution in [1.82, 2.24) is 9.97 Å². The van der Waals surface area contributed by atoms with Gasteiger partial charge in [-0.15, -0.1) is 0 Å². The third kappa shape index (κ3) is 3.37. The number of hydrogen-bond acceptors (Lipinski definition) is 6. The summed E-state index contributed by atoms with van der Waals surface area (Å²) in [5.41, 5.74) is 13.9. The van der Waals surface area contributed by atoms with Gasteiger partial charge in [-0.2, -0.15) is 4.98 Å². The molecule has 1 aliphatic rings. The molecule has 9 heteroatoms. The van der Waals surface area contributed by atoms with Gasteiger partial charge in [0.2, 0.25) is 5.95 Å². The molecule has 0 bridgehead atoms. The SMILES string of the molecule is CC1COC(CN=[N+]=[N-])CN1c1cc(Cl)nc(N)n1. The molecular formula is C10H14ClN7O. The average Bonchev–Trinajstić information content (AvgIpc) is 2.36. The first kappa shape index (κ1) is 13.7. The lowest BCUT2D eigenvalue weighted by Crippen LogP contribution is -2.49. The Morgan fingerprint density at radius 2 is 2.47 bits per heavy atom. The van der Waals surface area contributed by atoms with Crippen LogP contribution in [0, 0.1) is 0 Å². The van der Waals surface area contributed by atoms with Crippen LogP contribution in [-0.4, -0.2) is 41.8 Å². The summed E-state index contributed by atoms with van der Waals surface area (Å²) < 4.78 is 5.59. The summed E-state index contributed by atoms with van der Waals surface area (Å²) in [4.78, 5) is 12.8. The number of nitrogens with zero attached hydrogens (tertiary/aromatic N) is 6. The van der Waals surface area contributed by atoms with Crippen LogP contribution in [0.5, 0.6) is 0 Å². The number of anilines is 2. The molecule has 1 aromatic heterocycles. The number of aromatic nitrogens is 2. The number of morpholine rings is 1. The van der Waals surface area contributed by atoms with Crippen molar-refractivity contribution in [2.45, 2.75) is 19.1 Å². The highest BCUT2D eigenvalue weighted by atomic mass is 35.5. The molecular weight excluding hydrogens is 270 g/mol. The molecule has 0 aromatic carbocycles. The fourth-order valence-electron chi connectivity index (χ4n) is 1.94. The minimum absolute atomic E-state index is 0.132. The standard InChI is InChI=1S/C10H14ClN7O/c1-6-5-19-7(3-14-17-13)4-18(6)9-2-8(11)15-10(12)16-9/h2,6-7H,3-5H2,1H3,(H2,12,15,16). The summed E-state index contributed by atoms with van der Waals surface area (Å²) in [5, 5.41) is 3.83. The monoisotopic (exact) mass is 283 g/mol. The quantitative estimate of drug-likeness (QED) is 0.392. The molecule has 0 aliphatic carbocycles. The molecule has 2 unspecified atom stereocenters. The van der Waals surface area contributed by atoms with Gasteiger partial charge in [0.25, 0.3) is 0 Å². The lowest BCUT2D eigenvalue weighted by molar-refractivity contribution is 0.0280. The second kappa shape index (κ2) is 5.92. The van der Waals surface area contributed by atoms with Crippen LogP contribution in [0.15, 0.2) is 11.2 Å².